The van der Waals surface area contributed by atoms with E-state index in [2.05, 4.69) is 15.3 Å². The molecule has 0 aliphatic rings. The maximum atomic E-state index is 9.15. The number of hydrogen-bond acceptors (Lipinski definition) is 5. The first-order chi connectivity index (χ1) is 7.75. The van der Waals surface area contributed by atoms with Crippen LogP contribution in [-0.4, -0.2) is 27.7 Å². The van der Waals surface area contributed by atoms with Gasteiger partial charge in [-0.3, -0.25) is 0 Å². The first kappa shape index (κ1) is 10.6. The van der Waals surface area contributed by atoms with Crippen molar-refractivity contribution in [3.8, 4) is 11.3 Å². The molecule has 0 amide bonds. The number of anilines is 1. The van der Waals surface area contributed by atoms with Gasteiger partial charge in [0.1, 0.15) is 12.1 Å². The Kier molecular flexibility index (Phi) is 3.16. The zero-order valence-electron chi connectivity index (χ0n) is 8.92. The second-order valence-corrected chi connectivity index (χ2v) is 3.53. The molecule has 5 nitrogen and oxygen atoms in total. The predicted octanol–water partition coefficient (Wildman–Crippen LogP) is 1.53. The molecule has 0 aliphatic heterocycles. The van der Waals surface area contributed by atoms with Crippen LogP contribution in [-0.2, 0) is 0 Å². The fraction of sp³-hybridized carbons (Fsp3) is 0.273. The van der Waals surface area contributed by atoms with Crippen LogP contribution in [0.3, 0.4) is 0 Å². The Balaban J connectivity index is 2.14. The molecule has 2 aromatic rings. The van der Waals surface area contributed by atoms with Crippen molar-refractivity contribution >= 4 is 5.82 Å². The van der Waals surface area contributed by atoms with Gasteiger partial charge < -0.3 is 14.8 Å². The van der Waals surface area contributed by atoms with Gasteiger partial charge in [-0.25, -0.2) is 9.97 Å². The SMILES string of the molecule is CC(O)CNc1cc(-c2ccoc2)ncn1. The summed E-state index contributed by atoms with van der Waals surface area (Å²) in [5.41, 5.74) is 1.69. The molecule has 0 saturated carbocycles. The normalized spacial score (nSPS) is 12.4. The fourth-order valence-corrected chi connectivity index (χ4v) is 1.27. The minimum atomic E-state index is -0.410. The molecule has 0 fully saturated rings. The molecule has 0 radical (unpaired) electrons. The molecule has 0 aliphatic carbocycles. The molecule has 5 heteroatoms. The van der Waals surface area contributed by atoms with E-state index in [1.807, 2.05) is 12.1 Å². The number of aromatic nitrogens is 2. The van der Waals surface area contributed by atoms with E-state index < -0.39 is 6.10 Å². The summed E-state index contributed by atoms with van der Waals surface area (Å²) in [5, 5.41) is 12.2. The molecule has 1 unspecified atom stereocenters. The van der Waals surface area contributed by atoms with Gasteiger partial charge in [0.15, 0.2) is 0 Å². The number of nitrogens with one attached hydrogen (secondary N) is 1. The molecule has 84 valence electrons. The second-order valence-electron chi connectivity index (χ2n) is 3.53. The van der Waals surface area contributed by atoms with E-state index >= 15 is 0 Å². The topological polar surface area (TPSA) is 71.2 Å². The Labute approximate surface area is 93.2 Å². The van der Waals surface area contributed by atoms with Crippen LogP contribution >= 0.6 is 0 Å². The van der Waals surface area contributed by atoms with Gasteiger partial charge in [-0.2, -0.15) is 0 Å². The van der Waals surface area contributed by atoms with Gasteiger partial charge in [0.25, 0.3) is 0 Å². The van der Waals surface area contributed by atoms with E-state index in [4.69, 9.17) is 9.52 Å². The van der Waals surface area contributed by atoms with Crippen molar-refractivity contribution in [1.82, 2.24) is 9.97 Å². The summed E-state index contributed by atoms with van der Waals surface area (Å²) in [6.07, 6.45) is 4.29. The Morgan fingerprint density at radius 3 is 3.06 bits per heavy atom. The quantitative estimate of drug-likeness (QED) is 0.816. The average Bonchev–Trinajstić information content (AvgIpc) is 2.80. The van der Waals surface area contributed by atoms with Crippen molar-refractivity contribution in [2.45, 2.75) is 13.0 Å². The molecule has 0 aromatic carbocycles. The van der Waals surface area contributed by atoms with Gasteiger partial charge in [0.2, 0.25) is 0 Å². The molecule has 0 spiro atoms. The molecule has 0 saturated heterocycles. The number of hydrogen-bond donors (Lipinski definition) is 2. The van der Waals surface area contributed by atoms with Gasteiger partial charge in [-0.15, -0.1) is 0 Å². The van der Waals surface area contributed by atoms with Gasteiger partial charge in [-0.1, -0.05) is 0 Å². The Morgan fingerprint density at radius 1 is 1.50 bits per heavy atom. The summed E-state index contributed by atoms with van der Waals surface area (Å²) in [6, 6.07) is 3.65. The number of furan rings is 1. The predicted molar refractivity (Wildman–Crippen MR) is 59.9 cm³/mol. The van der Waals surface area contributed by atoms with Crippen LogP contribution in [0.4, 0.5) is 5.82 Å². The van der Waals surface area contributed by atoms with Crippen LogP contribution in [0.2, 0.25) is 0 Å². The summed E-state index contributed by atoms with van der Waals surface area (Å²) >= 11 is 0. The highest BCUT2D eigenvalue weighted by Crippen LogP contribution is 2.18. The maximum absolute atomic E-state index is 9.15. The first-order valence-corrected chi connectivity index (χ1v) is 5.02. The fourth-order valence-electron chi connectivity index (χ4n) is 1.27. The lowest BCUT2D eigenvalue weighted by Crippen LogP contribution is -2.16. The van der Waals surface area contributed by atoms with E-state index in [-0.39, 0.29) is 0 Å². The largest absolute Gasteiger partial charge is 0.472 e. The van der Waals surface area contributed by atoms with E-state index in [9.17, 15) is 0 Å². The van der Waals surface area contributed by atoms with Gasteiger partial charge in [0.05, 0.1) is 24.3 Å². The van der Waals surface area contributed by atoms with Crippen LogP contribution < -0.4 is 5.32 Å². The van der Waals surface area contributed by atoms with Crippen LogP contribution in [0, 0.1) is 0 Å². The lowest BCUT2D eigenvalue weighted by molar-refractivity contribution is 0.208. The number of nitrogens with zero attached hydrogens (tertiary/aromatic N) is 2. The highest BCUT2D eigenvalue weighted by molar-refractivity contribution is 5.60. The van der Waals surface area contributed by atoms with E-state index in [0.717, 1.165) is 11.3 Å². The van der Waals surface area contributed by atoms with Crippen molar-refractivity contribution in [3.05, 3.63) is 31.0 Å². The summed E-state index contributed by atoms with van der Waals surface area (Å²) in [4.78, 5) is 8.19. The lowest BCUT2D eigenvalue weighted by Gasteiger charge is -2.07. The Bertz CT molecular complexity index is 440. The molecule has 2 aromatic heterocycles. The number of rotatable bonds is 4. The van der Waals surface area contributed by atoms with E-state index in [0.29, 0.717) is 12.4 Å². The molecular formula is C11H13N3O2. The second kappa shape index (κ2) is 4.76. The van der Waals surface area contributed by atoms with Crippen molar-refractivity contribution in [3.63, 3.8) is 0 Å². The summed E-state index contributed by atoms with van der Waals surface area (Å²) < 4.78 is 4.99. The zero-order chi connectivity index (χ0) is 11.4. The van der Waals surface area contributed by atoms with E-state index in [1.54, 1.807) is 19.5 Å². The van der Waals surface area contributed by atoms with Crippen LogP contribution in [0.25, 0.3) is 11.3 Å². The van der Waals surface area contributed by atoms with Crippen molar-refractivity contribution < 1.29 is 9.52 Å². The molecule has 16 heavy (non-hydrogen) atoms. The van der Waals surface area contributed by atoms with Crippen LogP contribution in [0.5, 0.6) is 0 Å². The maximum Gasteiger partial charge on any atom is 0.130 e. The molecule has 2 rings (SSSR count). The molecule has 2 heterocycles. The molecule has 0 bridgehead atoms. The highest BCUT2D eigenvalue weighted by Gasteiger charge is 2.03. The standard InChI is InChI=1S/C11H13N3O2/c1-8(15)5-12-11-4-10(13-7-14-11)9-2-3-16-6-9/h2-4,6-8,15H,5H2,1H3,(H,12,13,14). The van der Waals surface area contributed by atoms with Gasteiger partial charge >= 0.3 is 0 Å². The minimum absolute atomic E-state index is 0.410. The third kappa shape index (κ3) is 2.58. The first-order valence-electron chi connectivity index (χ1n) is 5.02. The summed E-state index contributed by atoms with van der Waals surface area (Å²) in [5.74, 6) is 0.687. The lowest BCUT2D eigenvalue weighted by atomic mass is 10.2. The molecule has 1 atom stereocenters. The van der Waals surface area contributed by atoms with Crippen LogP contribution in [0.1, 0.15) is 6.92 Å². The number of aliphatic hydroxyl groups excluding tert-OH is 1. The number of aliphatic hydroxyl groups is 1. The molecule has 2 N–H and O–H groups in total. The summed E-state index contributed by atoms with van der Waals surface area (Å²) in [7, 11) is 0. The van der Waals surface area contributed by atoms with Crippen molar-refractivity contribution in [2.75, 3.05) is 11.9 Å². The van der Waals surface area contributed by atoms with Crippen LogP contribution in [0.15, 0.2) is 35.4 Å². The monoisotopic (exact) mass is 219 g/mol. The third-order valence-corrected chi connectivity index (χ3v) is 2.06. The van der Waals surface area contributed by atoms with Crippen molar-refractivity contribution in [1.29, 1.82) is 0 Å². The Morgan fingerprint density at radius 2 is 2.38 bits per heavy atom. The average molecular weight is 219 g/mol. The Hall–Kier alpha value is -1.88. The van der Waals surface area contributed by atoms with Gasteiger partial charge in [0, 0.05) is 18.2 Å². The molecular weight excluding hydrogens is 206 g/mol. The van der Waals surface area contributed by atoms with E-state index in [1.165, 1.54) is 6.33 Å². The zero-order valence-corrected chi connectivity index (χ0v) is 8.92. The van der Waals surface area contributed by atoms with Crippen molar-refractivity contribution in [2.24, 2.45) is 0 Å². The third-order valence-electron chi connectivity index (χ3n) is 2.06. The smallest absolute Gasteiger partial charge is 0.130 e. The minimum Gasteiger partial charge on any atom is -0.472 e. The highest BCUT2D eigenvalue weighted by atomic mass is 16.3. The summed E-state index contributed by atoms with van der Waals surface area (Å²) in [6.45, 7) is 2.17. The van der Waals surface area contributed by atoms with Gasteiger partial charge in [-0.05, 0) is 13.0 Å².